The van der Waals surface area contributed by atoms with Crippen molar-refractivity contribution in [1.29, 1.82) is 0 Å². The smallest absolute Gasteiger partial charge is 0.242 e. The van der Waals surface area contributed by atoms with Crippen molar-refractivity contribution in [2.24, 2.45) is 11.8 Å². The summed E-state index contributed by atoms with van der Waals surface area (Å²) in [6, 6.07) is 1.68. The lowest BCUT2D eigenvalue weighted by Crippen LogP contribution is -2.57. The van der Waals surface area contributed by atoms with Crippen LogP contribution in [0.15, 0.2) is 30.9 Å². The van der Waals surface area contributed by atoms with Crippen molar-refractivity contribution in [1.82, 2.24) is 29.7 Å². The van der Waals surface area contributed by atoms with Gasteiger partial charge in [0.1, 0.15) is 12.4 Å². The molecule has 2 amide bonds. The second-order valence-electron chi connectivity index (χ2n) is 8.65. The highest BCUT2D eigenvalue weighted by molar-refractivity contribution is 5.86. The Labute approximate surface area is 176 Å². The fourth-order valence-corrected chi connectivity index (χ4v) is 4.75. The SMILES string of the molecule is CC(C)C[C@@H]1[C@H](C(=O)N(C)Cc2ncc[nH]2)C[C@@H]2CN(c3ncccn3)CC(=O)N21. The number of H-pyrrole nitrogens is 1. The van der Waals surface area contributed by atoms with Crippen LogP contribution in [0.25, 0.3) is 0 Å². The minimum absolute atomic E-state index is 0.00947. The number of aromatic amines is 1. The first-order valence-corrected chi connectivity index (χ1v) is 10.5. The molecule has 2 saturated heterocycles. The molecule has 2 aromatic heterocycles. The number of amides is 2. The number of piperazine rings is 1. The first-order valence-electron chi connectivity index (χ1n) is 10.5. The molecule has 4 heterocycles. The number of hydrogen-bond donors (Lipinski definition) is 1. The lowest BCUT2D eigenvalue weighted by atomic mass is 9.91. The number of rotatable bonds is 6. The van der Waals surface area contributed by atoms with Crippen molar-refractivity contribution in [2.75, 3.05) is 25.0 Å². The van der Waals surface area contributed by atoms with Gasteiger partial charge < -0.3 is 19.7 Å². The molecular weight excluding hydrogens is 382 g/mol. The van der Waals surface area contributed by atoms with Crippen molar-refractivity contribution in [2.45, 2.75) is 45.3 Å². The number of nitrogens with one attached hydrogen (secondary N) is 1. The third-order valence-electron chi connectivity index (χ3n) is 5.97. The van der Waals surface area contributed by atoms with Gasteiger partial charge in [0.15, 0.2) is 0 Å². The molecule has 0 aromatic carbocycles. The number of aromatic nitrogens is 4. The van der Waals surface area contributed by atoms with Crippen LogP contribution in [0.4, 0.5) is 5.95 Å². The Morgan fingerprint density at radius 3 is 2.70 bits per heavy atom. The Kier molecular flexibility index (Phi) is 5.69. The van der Waals surface area contributed by atoms with E-state index in [1.165, 1.54) is 0 Å². The Balaban J connectivity index is 1.54. The van der Waals surface area contributed by atoms with Crippen LogP contribution in [0.5, 0.6) is 0 Å². The topological polar surface area (TPSA) is 98.3 Å². The van der Waals surface area contributed by atoms with E-state index in [4.69, 9.17) is 0 Å². The Morgan fingerprint density at radius 1 is 1.27 bits per heavy atom. The third kappa shape index (κ3) is 4.01. The molecule has 2 aliphatic rings. The van der Waals surface area contributed by atoms with E-state index in [9.17, 15) is 9.59 Å². The van der Waals surface area contributed by atoms with Crippen LogP contribution in [-0.4, -0.2) is 73.8 Å². The highest BCUT2D eigenvalue weighted by atomic mass is 16.2. The van der Waals surface area contributed by atoms with E-state index in [0.717, 1.165) is 12.2 Å². The average Bonchev–Trinajstić information content (AvgIpc) is 3.36. The van der Waals surface area contributed by atoms with E-state index >= 15 is 0 Å². The van der Waals surface area contributed by atoms with E-state index in [1.807, 2.05) is 9.80 Å². The predicted molar refractivity (Wildman–Crippen MR) is 111 cm³/mol. The second-order valence-corrected chi connectivity index (χ2v) is 8.65. The van der Waals surface area contributed by atoms with Crippen LogP contribution in [0, 0.1) is 11.8 Å². The molecular formula is C21H29N7O2. The first kappa shape index (κ1) is 20.3. The fraction of sp³-hybridized carbons (Fsp3) is 0.571. The Morgan fingerprint density at radius 2 is 2.03 bits per heavy atom. The number of nitrogens with zero attached hydrogens (tertiary/aromatic N) is 6. The summed E-state index contributed by atoms with van der Waals surface area (Å²) in [5.41, 5.74) is 0. The van der Waals surface area contributed by atoms with Crippen molar-refractivity contribution in [3.05, 3.63) is 36.7 Å². The number of hydrogen-bond acceptors (Lipinski definition) is 6. The molecule has 2 fully saturated rings. The molecule has 2 aromatic rings. The summed E-state index contributed by atoms with van der Waals surface area (Å²) in [6.07, 6.45) is 8.29. The lowest BCUT2D eigenvalue weighted by molar-refractivity contribution is -0.138. The summed E-state index contributed by atoms with van der Waals surface area (Å²) >= 11 is 0. The van der Waals surface area contributed by atoms with Gasteiger partial charge in [0.05, 0.1) is 18.5 Å². The highest BCUT2D eigenvalue weighted by Gasteiger charge is 2.50. The van der Waals surface area contributed by atoms with E-state index in [0.29, 0.717) is 31.4 Å². The fourth-order valence-electron chi connectivity index (χ4n) is 4.75. The minimum Gasteiger partial charge on any atom is -0.347 e. The normalized spacial score (nSPS) is 23.7. The van der Waals surface area contributed by atoms with E-state index in [2.05, 4.69) is 33.8 Å². The summed E-state index contributed by atoms with van der Waals surface area (Å²) in [5, 5.41) is 0. The van der Waals surface area contributed by atoms with Gasteiger partial charge in [-0.05, 0) is 24.8 Å². The molecule has 0 bridgehead atoms. The monoisotopic (exact) mass is 411 g/mol. The second kappa shape index (κ2) is 8.41. The van der Waals surface area contributed by atoms with E-state index in [-0.39, 0.29) is 36.4 Å². The largest absolute Gasteiger partial charge is 0.347 e. The zero-order valence-electron chi connectivity index (χ0n) is 17.7. The number of carbonyl (C=O) groups is 2. The molecule has 0 unspecified atom stereocenters. The van der Waals surface area contributed by atoms with Crippen LogP contribution in [-0.2, 0) is 16.1 Å². The standard InChI is InChI=1S/C21H29N7O2/c1-14(2)9-17-16(20(30)26(3)12-18-22-7-8-23-18)10-15-11-27(13-19(29)28(15)17)21-24-5-4-6-25-21/h4-8,14-17H,9-13H2,1-3H3,(H,22,23)/t15-,16-,17-/m1/s1. The number of carbonyl (C=O) groups excluding carboxylic acids is 2. The van der Waals surface area contributed by atoms with Gasteiger partial charge in [0, 0.05) is 44.4 Å². The van der Waals surface area contributed by atoms with Crippen LogP contribution < -0.4 is 4.90 Å². The summed E-state index contributed by atoms with van der Waals surface area (Å²) in [7, 11) is 1.81. The molecule has 3 atom stereocenters. The van der Waals surface area contributed by atoms with Crippen LogP contribution in [0.1, 0.15) is 32.5 Å². The Hall–Kier alpha value is -2.97. The first-order chi connectivity index (χ1) is 14.4. The average molecular weight is 412 g/mol. The molecule has 1 N–H and O–H groups in total. The van der Waals surface area contributed by atoms with E-state index in [1.54, 1.807) is 42.8 Å². The van der Waals surface area contributed by atoms with Gasteiger partial charge in [-0.1, -0.05) is 13.8 Å². The zero-order valence-corrected chi connectivity index (χ0v) is 17.7. The van der Waals surface area contributed by atoms with Gasteiger partial charge in [-0.15, -0.1) is 0 Å². The molecule has 0 radical (unpaired) electrons. The summed E-state index contributed by atoms with van der Waals surface area (Å²) < 4.78 is 0. The quantitative estimate of drug-likeness (QED) is 0.770. The highest BCUT2D eigenvalue weighted by Crippen LogP contribution is 2.37. The van der Waals surface area contributed by atoms with Gasteiger partial charge in [-0.25, -0.2) is 15.0 Å². The number of fused-ring (bicyclic) bond motifs is 1. The van der Waals surface area contributed by atoms with Gasteiger partial charge >= 0.3 is 0 Å². The molecule has 0 aliphatic carbocycles. The maximum atomic E-state index is 13.4. The summed E-state index contributed by atoms with van der Waals surface area (Å²) in [5.74, 6) is 1.62. The molecule has 9 heteroatoms. The van der Waals surface area contributed by atoms with E-state index < -0.39 is 0 Å². The number of anilines is 1. The zero-order chi connectivity index (χ0) is 21.3. The summed E-state index contributed by atoms with van der Waals surface area (Å²) in [6.45, 7) is 5.60. The predicted octanol–water partition coefficient (Wildman–Crippen LogP) is 1.31. The molecule has 9 nitrogen and oxygen atoms in total. The maximum Gasteiger partial charge on any atom is 0.242 e. The van der Waals surface area contributed by atoms with Crippen LogP contribution >= 0.6 is 0 Å². The molecule has 2 aliphatic heterocycles. The van der Waals surface area contributed by atoms with Crippen molar-refractivity contribution in [3.8, 4) is 0 Å². The maximum absolute atomic E-state index is 13.4. The number of imidazole rings is 1. The molecule has 160 valence electrons. The minimum atomic E-state index is -0.210. The summed E-state index contributed by atoms with van der Waals surface area (Å²) in [4.78, 5) is 48.0. The van der Waals surface area contributed by atoms with Crippen molar-refractivity contribution < 1.29 is 9.59 Å². The molecule has 30 heavy (non-hydrogen) atoms. The molecule has 0 saturated carbocycles. The van der Waals surface area contributed by atoms with Gasteiger partial charge in [0.25, 0.3) is 0 Å². The van der Waals surface area contributed by atoms with Crippen molar-refractivity contribution in [3.63, 3.8) is 0 Å². The van der Waals surface area contributed by atoms with Gasteiger partial charge in [0.2, 0.25) is 17.8 Å². The lowest BCUT2D eigenvalue weighted by Gasteiger charge is -2.40. The van der Waals surface area contributed by atoms with Crippen LogP contribution in [0.3, 0.4) is 0 Å². The van der Waals surface area contributed by atoms with Gasteiger partial charge in [-0.2, -0.15) is 0 Å². The van der Waals surface area contributed by atoms with Crippen LogP contribution in [0.2, 0.25) is 0 Å². The van der Waals surface area contributed by atoms with Crippen molar-refractivity contribution >= 4 is 17.8 Å². The third-order valence-corrected chi connectivity index (χ3v) is 5.97. The van der Waals surface area contributed by atoms with Gasteiger partial charge in [-0.3, -0.25) is 9.59 Å². The Bertz CT molecular complexity index is 871. The molecule has 4 rings (SSSR count). The molecule has 0 spiro atoms.